The molecular weight excluding hydrogens is 403 g/mol. The van der Waals surface area contributed by atoms with Crippen LogP contribution in [0.25, 0.3) is 0 Å². The maximum Gasteiger partial charge on any atom is 0.358 e. The third-order valence-electron chi connectivity index (χ3n) is 6.13. The lowest BCUT2D eigenvalue weighted by molar-refractivity contribution is -0.127. The van der Waals surface area contributed by atoms with Crippen molar-refractivity contribution in [1.82, 2.24) is 15.1 Å². The Labute approximate surface area is 179 Å². The van der Waals surface area contributed by atoms with E-state index < -0.39 is 23.2 Å². The number of methoxy groups -OCH3 is 1. The molecule has 1 fully saturated rings. The van der Waals surface area contributed by atoms with E-state index in [-0.39, 0.29) is 29.9 Å². The van der Waals surface area contributed by atoms with E-state index in [2.05, 4.69) is 10.4 Å². The van der Waals surface area contributed by atoms with E-state index in [4.69, 9.17) is 4.74 Å². The SMILES string of the molecule is COC(=O)c1cc2n(n1)C[C@@](C)(C(=O)NC1CCCC1)N(c1ccc(F)cc1C)C2=O. The molecule has 0 bridgehead atoms. The van der Waals surface area contributed by atoms with E-state index in [0.717, 1.165) is 25.7 Å². The van der Waals surface area contributed by atoms with Gasteiger partial charge in [-0.05, 0) is 50.5 Å². The smallest absolute Gasteiger partial charge is 0.358 e. The molecule has 2 aromatic rings. The number of fused-ring (bicyclic) bond motifs is 1. The number of aromatic nitrogens is 2. The molecule has 0 spiro atoms. The fourth-order valence-corrected chi connectivity index (χ4v) is 4.44. The Morgan fingerprint density at radius 3 is 2.61 bits per heavy atom. The normalized spacial score (nSPS) is 21.2. The summed E-state index contributed by atoms with van der Waals surface area (Å²) < 4.78 is 19.8. The zero-order valence-corrected chi connectivity index (χ0v) is 17.8. The molecule has 164 valence electrons. The van der Waals surface area contributed by atoms with Gasteiger partial charge in [-0.25, -0.2) is 9.18 Å². The van der Waals surface area contributed by atoms with E-state index in [0.29, 0.717) is 11.3 Å². The van der Waals surface area contributed by atoms with Crippen LogP contribution in [0, 0.1) is 12.7 Å². The van der Waals surface area contributed by atoms with Gasteiger partial charge in [0.2, 0.25) is 5.91 Å². The molecule has 0 saturated heterocycles. The molecule has 0 radical (unpaired) electrons. The highest BCUT2D eigenvalue weighted by Crippen LogP contribution is 2.35. The molecule has 9 heteroatoms. The van der Waals surface area contributed by atoms with Crippen LogP contribution in [-0.2, 0) is 16.1 Å². The van der Waals surface area contributed by atoms with Crippen molar-refractivity contribution in [2.45, 2.75) is 57.7 Å². The number of carbonyl (C=O) groups is 3. The Bertz CT molecular complexity index is 1060. The van der Waals surface area contributed by atoms with Crippen LogP contribution in [0.4, 0.5) is 10.1 Å². The first-order chi connectivity index (χ1) is 14.7. The molecule has 8 nitrogen and oxygen atoms in total. The molecule has 1 atom stereocenters. The van der Waals surface area contributed by atoms with Gasteiger partial charge in [0.25, 0.3) is 5.91 Å². The molecule has 2 amide bonds. The fourth-order valence-electron chi connectivity index (χ4n) is 4.44. The summed E-state index contributed by atoms with van der Waals surface area (Å²) in [5.74, 6) is -1.90. The second-order valence-corrected chi connectivity index (χ2v) is 8.36. The van der Waals surface area contributed by atoms with Gasteiger partial charge >= 0.3 is 5.97 Å². The van der Waals surface area contributed by atoms with Gasteiger partial charge < -0.3 is 10.1 Å². The number of nitrogens with zero attached hydrogens (tertiary/aromatic N) is 3. The van der Waals surface area contributed by atoms with E-state index in [1.165, 1.54) is 41.0 Å². The molecular formula is C22H25FN4O4. The summed E-state index contributed by atoms with van der Waals surface area (Å²) in [5.41, 5.74) is -0.219. The number of rotatable bonds is 4. The van der Waals surface area contributed by atoms with Crippen LogP contribution in [0.2, 0.25) is 0 Å². The monoisotopic (exact) mass is 428 g/mol. The van der Waals surface area contributed by atoms with Gasteiger partial charge in [0, 0.05) is 17.8 Å². The summed E-state index contributed by atoms with van der Waals surface area (Å²) in [6.07, 6.45) is 3.88. The van der Waals surface area contributed by atoms with Crippen molar-refractivity contribution in [1.29, 1.82) is 0 Å². The molecule has 1 aliphatic carbocycles. The van der Waals surface area contributed by atoms with Gasteiger partial charge in [0.15, 0.2) is 5.69 Å². The summed E-state index contributed by atoms with van der Waals surface area (Å²) >= 11 is 0. The second kappa shape index (κ2) is 7.79. The minimum atomic E-state index is -1.32. The topological polar surface area (TPSA) is 93.5 Å². The standard InChI is InChI=1S/C22H25FN4O4/c1-13-10-14(23)8-9-17(13)27-19(28)18-11-16(20(29)31-3)25-26(18)12-22(27,2)21(30)24-15-6-4-5-7-15/h8-11,15H,4-7,12H2,1-3H3,(H,24,30)/t22-/m0/s1. The number of hydrogen-bond donors (Lipinski definition) is 1. The molecule has 2 heterocycles. The molecule has 2 aliphatic rings. The zero-order chi connectivity index (χ0) is 22.3. The highest BCUT2D eigenvalue weighted by Gasteiger charge is 2.50. The van der Waals surface area contributed by atoms with Crippen molar-refractivity contribution in [3.05, 3.63) is 47.0 Å². The summed E-state index contributed by atoms with van der Waals surface area (Å²) in [5, 5.41) is 7.27. The number of amides is 2. The molecule has 1 saturated carbocycles. The van der Waals surface area contributed by atoms with Crippen LogP contribution in [0.5, 0.6) is 0 Å². The van der Waals surface area contributed by atoms with Crippen molar-refractivity contribution in [3.63, 3.8) is 0 Å². The molecule has 0 unspecified atom stereocenters. The Morgan fingerprint density at radius 1 is 1.26 bits per heavy atom. The average molecular weight is 428 g/mol. The summed E-state index contributed by atoms with van der Waals surface area (Å²) in [4.78, 5) is 40.4. The largest absolute Gasteiger partial charge is 0.464 e. The first-order valence-corrected chi connectivity index (χ1v) is 10.3. The summed E-state index contributed by atoms with van der Waals surface area (Å²) in [6.45, 7) is 3.40. The molecule has 1 aromatic carbocycles. The molecule has 4 rings (SSSR count). The van der Waals surface area contributed by atoms with E-state index in [1.54, 1.807) is 13.8 Å². The minimum absolute atomic E-state index is 0.0120. The average Bonchev–Trinajstić information content (AvgIpc) is 3.38. The van der Waals surface area contributed by atoms with E-state index >= 15 is 0 Å². The highest BCUT2D eigenvalue weighted by molar-refractivity contribution is 6.12. The van der Waals surface area contributed by atoms with Crippen molar-refractivity contribution >= 4 is 23.5 Å². The first kappa shape index (κ1) is 21.0. The molecule has 1 aliphatic heterocycles. The zero-order valence-electron chi connectivity index (χ0n) is 17.8. The van der Waals surface area contributed by atoms with E-state index in [9.17, 15) is 18.8 Å². The lowest BCUT2D eigenvalue weighted by Crippen LogP contribution is -2.65. The van der Waals surface area contributed by atoms with Crippen molar-refractivity contribution < 1.29 is 23.5 Å². The van der Waals surface area contributed by atoms with Crippen molar-refractivity contribution in [2.24, 2.45) is 0 Å². The summed E-state index contributed by atoms with van der Waals surface area (Å²) in [7, 11) is 1.23. The number of ether oxygens (including phenoxy) is 1. The van der Waals surface area contributed by atoms with Crippen LogP contribution in [0.15, 0.2) is 24.3 Å². The van der Waals surface area contributed by atoms with Crippen molar-refractivity contribution in [3.8, 4) is 0 Å². The predicted octanol–water partition coefficient (Wildman–Crippen LogP) is 2.60. The number of esters is 1. The third kappa shape index (κ3) is 3.58. The van der Waals surface area contributed by atoms with Gasteiger partial charge in [-0.1, -0.05) is 12.8 Å². The Hall–Kier alpha value is -3.23. The highest BCUT2D eigenvalue weighted by atomic mass is 19.1. The molecule has 1 N–H and O–H groups in total. The minimum Gasteiger partial charge on any atom is -0.464 e. The van der Waals surface area contributed by atoms with Gasteiger partial charge in [0.05, 0.1) is 13.7 Å². The number of hydrogen-bond acceptors (Lipinski definition) is 5. The molecule has 1 aromatic heterocycles. The van der Waals surface area contributed by atoms with Crippen LogP contribution >= 0.6 is 0 Å². The van der Waals surface area contributed by atoms with Crippen LogP contribution in [0.1, 0.15) is 59.1 Å². The van der Waals surface area contributed by atoms with Gasteiger partial charge in [-0.15, -0.1) is 0 Å². The summed E-state index contributed by atoms with van der Waals surface area (Å²) in [6, 6.07) is 5.49. The van der Waals surface area contributed by atoms with Gasteiger partial charge in [-0.3, -0.25) is 19.2 Å². The molecule has 31 heavy (non-hydrogen) atoms. The quantitative estimate of drug-likeness (QED) is 0.756. The third-order valence-corrected chi connectivity index (χ3v) is 6.13. The Balaban J connectivity index is 1.81. The van der Waals surface area contributed by atoms with Crippen LogP contribution < -0.4 is 10.2 Å². The number of anilines is 1. The maximum atomic E-state index is 13.8. The Kier molecular flexibility index (Phi) is 5.28. The number of benzene rings is 1. The number of aryl methyl sites for hydroxylation is 1. The maximum absolute atomic E-state index is 13.8. The number of halogens is 1. The number of carbonyl (C=O) groups excluding carboxylic acids is 3. The van der Waals surface area contributed by atoms with E-state index in [1.807, 2.05) is 0 Å². The lowest BCUT2D eigenvalue weighted by atomic mass is 9.92. The van der Waals surface area contributed by atoms with Gasteiger partial charge in [0.1, 0.15) is 17.1 Å². The second-order valence-electron chi connectivity index (χ2n) is 8.36. The number of nitrogens with one attached hydrogen (secondary N) is 1. The fraction of sp³-hybridized carbons (Fsp3) is 0.455. The predicted molar refractivity (Wildman–Crippen MR) is 110 cm³/mol. The Morgan fingerprint density at radius 2 is 1.97 bits per heavy atom. The van der Waals surface area contributed by atoms with Crippen molar-refractivity contribution in [2.75, 3.05) is 12.0 Å². The van der Waals surface area contributed by atoms with Gasteiger partial charge in [-0.2, -0.15) is 5.10 Å². The van der Waals surface area contributed by atoms with Crippen LogP contribution in [-0.4, -0.2) is 46.3 Å². The van der Waals surface area contributed by atoms with Crippen LogP contribution in [0.3, 0.4) is 0 Å². The first-order valence-electron chi connectivity index (χ1n) is 10.3. The lowest BCUT2D eigenvalue weighted by Gasteiger charge is -2.44.